The number of benzene rings is 2. The number of methoxy groups -OCH3 is 1. The molecule has 0 saturated heterocycles. The third kappa shape index (κ3) is 4.45. The molecule has 4 rings (SSSR count). The molecule has 2 unspecified atom stereocenters. The molecule has 1 heterocycles. The molecule has 0 N–H and O–H groups in total. The number of carbonyl (C=O) groups excluding carboxylic acids is 1. The molecule has 1 aromatic heterocycles. The summed E-state index contributed by atoms with van der Waals surface area (Å²) in [5, 5.41) is 1.12. The number of rotatable bonds is 7. The molecule has 0 fully saturated rings. The highest BCUT2D eigenvalue weighted by Crippen LogP contribution is 2.34. The van der Waals surface area contributed by atoms with Crippen LogP contribution in [0, 0.1) is 0 Å². The molecule has 7 heteroatoms. The maximum atomic E-state index is 13.2. The lowest BCUT2D eigenvalue weighted by atomic mass is 9.87. The van der Waals surface area contributed by atoms with E-state index >= 15 is 0 Å². The van der Waals surface area contributed by atoms with E-state index in [1.165, 1.54) is 22.9 Å². The third-order valence-corrected chi connectivity index (χ3v) is 7.08. The molecule has 0 saturated carbocycles. The summed E-state index contributed by atoms with van der Waals surface area (Å²) in [6.45, 7) is 2.32. The Hall–Kier alpha value is -2.64. The van der Waals surface area contributed by atoms with E-state index in [0.29, 0.717) is 22.7 Å². The van der Waals surface area contributed by atoms with E-state index in [1.807, 2.05) is 43.1 Å². The van der Waals surface area contributed by atoms with Crippen molar-refractivity contribution in [2.75, 3.05) is 26.5 Å². The van der Waals surface area contributed by atoms with Crippen LogP contribution >= 0.6 is 11.8 Å². The van der Waals surface area contributed by atoms with Crippen LogP contribution in [0.4, 0.5) is 0 Å². The summed E-state index contributed by atoms with van der Waals surface area (Å²) in [6, 6.07) is 15.6. The van der Waals surface area contributed by atoms with Crippen LogP contribution in [0.2, 0.25) is 0 Å². The molecular formula is C25H29N3O3S. The maximum Gasteiger partial charge on any atom is 0.262 e. The number of thioether (sulfide) groups is 1. The minimum Gasteiger partial charge on any atom is -0.383 e. The lowest BCUT2D eigenvalue weighted by Crippen LogP contribution is -2.35. The molecule has 0 bridgehead atoms. The van der Waals surface area contributed by atoms with Crippen LogP contribution in [0.15, 0.2) is 58.5 Å². The van der Waals surface area contributed by atoms with Gasteiger partial charge in [0.2, 0.25) is 5.91 Å². The molecule has 2 aromatic carbocycles. The van der Waals surface area contributed by atoms with Gasteiger partial charge in [-0.05, 0) is 49.4 Å². The van der Waals surface area contributed by atoms with Crippen LogP contribution in [0.3, 0.4) is 0 Å². The van der Waals surface area contributed by atoms with E-state index in [-0.39, 0.29) is 29.3 Å². The number of hydrogen-bond acceptors (Lipinski definition) is 5. The Morgan fingerprint density at radius 3 is 2.81 bits per heavy atom. The zero-order chi connectivity index (χ0) is 22.7. The zero-order valence-corrected chi connectivity index (χ0v) is 19.6. The van der Waals surface area contributed by atoms with Crippen molar-refractivity contribution >= 4 is 28.6 Å². The number of hydrogen-bond donors (Lipinski definition) is 0. The van der Waals surface area contributed by atoms with Crippen molar-refractivity contribution in [2.24, 2.45) is 0 Å². The first kappa shape index (κ1) is 22.6. The molecule has 0 spiro atoms. The van der Waals surface area contributed by atoms with Gasteiger partial charge < -0.3 is 9.64 Å². The van der Waals surface area contributed by atoms with Crippen LogP contribution in [0.1, 0.15) is 43.0 Å². The summed E-state index contributed by atoms with van der Waals surface area (Å²) in [4.78, 5) is 32.9. The van der Waals surface area contributed by atoms with Crippen LogP contribution in [0.5, 0.6) is 0 Å². The van der Waals surface area contributed by atoms with Crippen molar-refractivity contribution < 1.29 is 9.53 Å². The van der Waals surface area contributed by atoms with Crippen molar-refractivity contribution in [1.82, 2.24) is 14.5 Å². The van der Waals surface area contributed by atoms with Crippen LogP contribution in [0.25, 0.3) is 10.9 Å². The van der Waals surface area contributed by atoms with E-state index in [9.17, 15) is 9.59 Å². The number of fused-ring (bicyclic) bond motifs is 2. The SMILES string of the molecule is COCC(C)n1c(SCC(=O)N(C)C2CCCc3ccccc32)nc2ccccc2c1=O. The second kappa shape index (κ2) is 9.88. The molecular weight excluding hydrogens is 422 g/mol. The van der Waals surface area contributed by atoms with Crippen LogP contribution < -0.4 is 5.56 Å². The van der Waals surface area contributed by atoms with Gasteiger partial charge in [-0.25, -0.2) is 4.98 Å². The van der Waals surface area contributed by atoms with Crippen molar-refractivity contribution in [1.29, 1.82) is 0 Å². The van der Waals surface area contributed by atoms with Crippen molar-refractivity contribution in [3.63, 3.8) is 0 Å². The van der Waals surface area contributed by atoms with E-state index in [2.05, 4.69) is 18.2 Å². The Balaban J connectivity index is 1.58. The Kier molecular flexibility index (Phi) is 6.96. The fraction of sp³-hybridized carbons (Fsp3) is 0.400. The molecule has 6 nitrogen and oxygen atoms in total. The first-order valence-electron chi connectivity index (χ1n) is 11.0. The summed E-state index contributed by atoms with van der Waals surface area (Å²) in [6.07, 6.45) is 3.11. The van der Waals surface area contributed by atoms with Gasteiger partial charge in [-0.3, -0.25) is 14.2 Å². The van der Waals surface area contributed by atoms with Crippen molar-refractivity contribution in [3.05, 3.63) is 70.0 Å². The zero-order valence-electron chi connectivity index (χ0n) is 18.8. The first-order chi connectivity index (χ1) is 15.5. The van der Waals surface area contributed by atoms with E-state index < -0.39 is 0 Å². The Morgan fingerprint density at radius 1 is 1.25 bits per heavy atom. The van der Waals surface area contributed by atoms with Crippen molar-refractivity contribution in [2.45, 2.75) is 43.4 Å². The number of aromatic nitrogens is 2. The van der Waals surface area contributed by atoms with Gasteiger partial charge in [-0.2, -0.15) is 0 Å². The third-order valence-electron chi connectivity index (χ3n) is 6.15. The Labute approximate surface area is 192 Å². The van der Waals surface area contributed by atoms with Gasteiger partial charge in [0.15, 0.2) is 5.16 Å². The summed E-state index contributed by atoms with van der Waals surface area (Å²) in [5.41, 5.74) is 3.11. The predicted molar refractivity (Wildman–Crippen MR) is 128 cm³/mol. The summed E-state index contributed by atoms with van der Waals surface area (Å²) in [7, 11) is 3.49. The maximum absolute atomic E-state index is 13.2. The number of carbonyl (C=O) groups is 1. The molecule has 3 aromatic rings. The average molecular weight is 452 g/mol. The van der Waals surface area contributed by atoms with E-state index in [1.54, 1.807) is 17.7 Å². The van der Waals surface area contributed by atoms with Crippen molar-refractivity contribution in [3.8, 4) is 0 Å². The molecule has 0 radical (unpaired) electrons. The molecule has 1 amide bonds. The lowest BCUT2D eigenvalue weighted by molar-refractivity contribution is -0.129. The smallest absolute Gasteiger partial charge is 0.262 e. The highest BCUT2D eigenvalue weighted by atomic mass is 32.2. The number of aryl methyl sites for hydroxylation is 1. The highest BCUT2D eigenvalue weighted by molar-refractivity contribution is 7.99. The largest absolute Gasteiger partial charge is 0.383 e. The molecule has 1 aliphatic carbocycles. The number of nitrogens with zero attached hydrogens (tertiary/aromatic N) is 3. The van der Waals surface area contributed by atoms with E-state index in [4.69, 9.17) is 9.72 Å². The minimum absolute atomic E-state index is 0.0325. The number of para-hydroxylation sites is 1. The molecule has 32 heavy (non-hydrogen) atoms. The quantitative estimate of drug-likeness (QED) is 0.397. The van der Waals surface area contributed by atoms with Crippen LogP contribution in [-0.4, -0.2) is 46.9 Å². The predicted octanol–water partition coefficient (Wildman–Crippen LogP) is 4.23. The molecule has 0 aliphatic heterocycles. The van der Waals surface area contributed by atoms with Gasteiger partial charge in [0.1, 0.15) is 0 Å². The Morgan fingerprint density at radius 2 is 2.00 bits per heavy atom. The minimum atomic E-state index is -0.190. The van der Waals surface area contributed by atoms with Gasteiger partial charge in [0.25, 0.3) is 5.56 Å². The van der Waals surface area contributed by atoms with Gasteiger partial charge in [0.05, 0.1) is 35.3 Å². The fourth-order valence-corrected chi connectivity index (χ4v) is 5.49. The summed E-state index contributed by atoms with van der Waals surface area (Å²) >= 11 is 1.32. The van der Waals surface area contributed by atoms with Gasteiger partial charge in [-0.15, -0.1) is 0 Å². The fourth-order valence-electron chi connectivity index (χ4n) is 4.46. The highest BCUT2D eigenvalue weighted by Gasteiger charge is 2.27. The topological polar surface area (TPSA) is 64.4 Å². The second-order valence-corrected chi connectivity index (χ2v) is 9.23. The number of amides is 1. The standard InChI is InChI=1S/C25H29N3O3S/c1-17(15-31-3)28-24(30)20-12-6-7-13-21(20)26-25(28)32-16-23(29)27(2)22-14-8-10-18-9-4-5-11-19(18)22/h4-7,9,11-13,17,22H,8,10,14-16H2,1-3H3. The second-order valence-electron chi connectivity index (χ2n) is 8.29. The van der Waals surface area contributed by atoms with Gasteiger partial charge >= 0.3 is 0 Å². The molecule has 1 aliphatic rings. The summed E-state index contributed by atoms with van der Waals surface area (Å²) in [5.74, 6) is 0.254. The van der Waals surface area contributed by atoms with E-state index in [0.717, 1.165) is 19.3 Å². The van der Waals surface area contributed by atoms with Gasteiger partial charge in [-0.1, -0.05) is 48.2 Å². The number of ether oxygens (including phenoxy) is 1. The Bertz CT molecular complexity index is 1180. The first-order valence-corrected chi connectivity index (χ1v) is 12.0. The molecule has 168 valence electrons. The lowest BCUT2D eigenvalue weighted by Gasteiger charge is -2.33. The summed E-state index contributed by atoms with van der Waals surface area (Å²) < 4.78 is 6.94. The monoisotopic (exact) mass is 451 g/mol. The van der Waals surface area contributed by atoms with Gasteiger partial charge in [0, 0.05) is 14.2 Å². The van der Waals surface area contributed by atoms with Crippen LogP contribution in [-0.2, 0) is 16.0 Å². The molecule has 2 atom stereocenters. The average Bonchev–Trinajstić information content (AvgIpc) is 2.82. The normalized spacial score (nSPS) is 16.5.